The monoisotopic (exact) mass is 902 g/mol. The number of hydrogen-bond acceptors (Lipinski definition) is 5. The van der Waals surface area contributed by atoms with Crippen molar-refractivity contribution in [3.05, 3.63) is 24.3 Å². The van der Waals surface area contributed by atoms with Gasteiger partial charge in [0, 0.05) is 12.8 Å². The molecule has 0 heterocycles. The van der Waals surface area contributed by atoms with Gasteiger partial charge in [0.05, 0.1) is 25.4 Å². The number of aliphatic hydroxyl groups excluding tert-OH is 2. The molecule has 0 bridgehead atoms. The second-order valence-corrected chi connectivity index (χ2v) is 19.6. The zero-order valence-corrected chi connectivity index (χ0v) is 43.0. The number of hydrogen-bond donors (Lipinski definition) is 3. The fraction of sp³-hybridized carbons (Fsp3) is 0.897. The number of carbonyl (C=O) groups excluding carboxylic acids is 2. The Bertz CT molecular complexity index is 997. The molecule has 0 aromatic heterocycles. The van der Waals surface area contributed by atoms with Gasteiger partial charge in [-0.1, -0.05) is 244 Å². The molecule has 1 amide bonds. The van der Waals surface area contributed by atoms with Crippen molar-refractivity contribution in [1.82, 2.24) is 5.32 Å². The third-order valence-corrected chi connectivity index (χ3v) is 13.2. The Kier molecular flexibility index (Phi) is 52.6. The number of aliphatic hydroxyl groups is 2. The molecule has 0 aromatic rings. The number of unbranched alkanes of at least 4 members (excludes halogenated alkanes) is 38. The second-order valence-electron chi connectivity index (χ2n) is 19.6. The van der Waals surface area contributed by atoms with E-state index in [2.05, 4.69) is 43.5 Å². The lowest BCUT2D eigenvalue weighted by atomic mass is 10.0. The zero-order valence-electron chi connectivity index (χ0n) is 43.0. The molecule has 0 saturated carbocycles. The summed E-state index contributed by atoms with van der Waals surface area (Å²) in [5.41, 5.74) is 0. The van der Waals surface area contributed by atoms with Crippen LogP contribution in [0.25, 0.3) is 0 Å². The van der Waals surface area contributed by atoms with E-state index in [4.69, 9.17) is 4.74 Å². The summed E-state index contributed by atoms with van der Waals surface area (Å²) in [5.74, 6) is -0.0456. The van der Waals surface area contributed by atoms with Gasteiger partial charge >= 0.3 is 5.97 Å². The van der Waals surface area contributed by atoms with Gasteiger partial charge in [-0.2, -0.15) is 0 Å². The summed E-state index contributed by atoms with van der Waals surface area (Å²) in [6, 6.07) is -0.546. The molecule has 64 heavy (non-hydrogen) atoms. The van der Waals surface area contributed by atoms with Crippen molar-refractivity contribution in [3.8, 4) is 0 Å². The maximum atomic E-state index is 12.4. The van der Waals surface area contributed by atoms with Crippen LogP contribution >= 0.6 is 0 Å². The third kappa shape index (κ3) is 49.8. The number of rotatable bonds is 53. The predicted molar refractivity (Wildman–Crippen MR) is 278 cm³/mol. The van der Waals surface area contributed by atoms with Crippen LogP contribution in [0.2, 0.25) is 0 Å². The molecule has 2 atom stereocenters. The van der Waals surface area contributed by atoms with Crippen LogP contribution in [-0.4, -0.2) is 47.4 Å². The van der Waals surface area contributed by atoms with Crippen LogP contribution in [0.1, 0.15) is 309 Å². The van der Waals surface area contributed by atoms with Crippen molar-refractivity contribution in [2.24, 2.45) is 0 Å². The molecular formula is C58H111NO5. The normalized spacial score (nSPS) is 12.8. The third-order valence-electron chi connectivity index (χ3n) is 13.2. The van der Waals surface area contributed by atoms with E-state index in [0.717, 1.165) is 44.9 Å². The number of carbonyl (C=O) groups is 2. The Morgan fingerprint density at radius 1 is 0.422 bits per heavy atom. The molecule has 6 nitrogen and oxygen atoms in total. The van der Waals surface area contributed by atoms with E-state index < -0.39 is 12.1 Å². The average molecular weight is 903 g/mol. The maximum absolute atomic E-state index is 12.4. The highest BCUT2D eigenvalue weighted by atomic mass is 16.5. The van der Waals surface area contributed by atoms with Crippen LogP contribution in [-0.2, 0) is 14.3 Å². The largest absolute Gasteiger partial charge is 0.466 e. The number of esters is 1. The highest BCUT2D eigenvalue weighted by Gasteiger charge is 2.20. The van der Waals surface area contributed by atoms with Crippen LogP contribution in [0.15, 0.2) is 24.3 Å². The van der Waals surface area contributed by atoms with Crippen molar-refractivity contribution in [1.29, 1.82) is 0 Å². The highest BCUT2D eigenvalue weighted by molar-refractivity contribution is 5.76. The van der Waals surface area contributed by atoms with E-state index in [1.165, 1.54) is 231 Å². The van der Waals surface area contributed by atoms with Crippen LogP contribution in [0, 0.1) is 0 Å². The van der Waals surface area contributed by atoms with Crippen molar-refractivity contribution in [3.63, 3.8) is 0 Å². The molecule has 0 rings (SSSR count). The summed E-state index contributed by atoms with van der Waals surface area (Å²) in [6.45, 7) is 4.93. The highest BCUT2D eigenvalue weighted by Crippen LogP contribution is 2.16. The van der Waals surface area contributed by atoms with Gasteiger partial charge in [-0.25, -0.2) is 0 Å². The molecule has 3 N–H and O–H groups in total. The van der Waals surface area contributed by atoms with Gasteiger partial charge in [0.25, 0.3) is 0 Å². The molecule has 0 fully saturated rings. The van der Waals surface area contributed by atoms with Gasteiger partial charge in [-0.05, 0) is 77.0 Å². The average Bonchev–Trinajstić information content (AvgIpc) is 3.29. The summed E-state index contributed by atoms with van der Waals surface area (Å²) in [6.07, 6.45) is 64.6. The van der Waals surface area contributed by atoms with Gasteiger partial charge in [0.2, 0.25) is 5.91 Å². The van der Waals surface area contributed by atoms with E-state index >= 15 is 0 Å². The Hall–Kier alpha value is -1.66. The molecule has 0 aliphatic heterocycles. The van der Waals surface area contributed by atoms with Crippen molar-refractivity contribution < 1.29 is 24.5 Å². The van der Waals surface area contributed by atoms with Crippen LogP contribution in [0.4, 0.5) is 0 Å². The SMILES string of the molecule is CCCCCCCCC/C=C\CCCCCCCC(=O)OCCCCCCCCCCC/C=C\CCCCCCCCCC(=O)NC(CO)C(O)CCCCCCCCCCCCC. The smallest absolute Gasteiger partial charge is 0.305 e. The first-order chi connectivity index (χ1) is 31.5. The van der Waals surface area contributed by atoms with Crippen LogP contribution in [0.3, 0.4) is 0 Å². The molecule has 0 radical (unpaired) electrons. The van der Waals surface area contributed by atoms with Gasteiger partial charge in [0.15, 0.2) is 0 Å². The molecule has 0 aliphatic rings. The van der Waals surface area contributed by atoms with Crippen LogP contribution in [0.5, 0.6) is 0 Å². The quantitative estimate of drug-likeness (QED) is 0.0321. The van der Waals surface area contributed by atoms with E-state index in [9.17, 15) is 19.8 Å². The maximum Gasteiger partial charge on any atom is 0.305 e. The molecule has 378 valence electrons. The van der Waals surface area contributed by atoms with Gasteiger partial charge in [0.1, 0.15) is 0 Å². The van der Waals surface area contributed by atoms with Crippen molar-refractivity contribution >= 4 is 11.9 Å². The van der Waals surface area contributed by atoms with Gasteiger partial charge < -0.3 is 20.3 Å². The van der Waals surface area contributed by atoms with E-state index in [-0.39, 0.29) is 18.5 Å². The van der Waals surface area contributed by atoms with Crippen molar-refractivity contribution in [2.75, 3.05) is 13.2 Å². The summed E-state index contributed by atoms with van der Waals surface area (Å²) >= 11 is 0. The fourth-order valence-corrected chi connectivity index (χ4v) is 8.81. The van der Waals surface area contributed by atoms with Gasteiger partial charge in [-0.3, -0.25) is 9.59 Å². The lowest BCUT2D eigenvalue weighted by Gasteiger charge is -2.22. The Morgan fingerprint density at radius 3 is 1.11 bits per heavy atom. The molecule has 0 aromatic carbocycles. The fourth-order valence-electron chi connectivity index (χ4n) is 8.81. The lowest BCUT2D eigenvalue weighted by Crippen LogP contribution is -2.45. The van der Waals surface area contributed by atoms with E-state index in [0.29, 0.717) is 25.9 Å². The number of nitrogens with one attached hydrogen (secondary N) is 1. The molecule has 0 spiro atoms. The minimum Gasteiger partial charge on any atom is -0.466 e. The molecule has 6 heteroatoms. The first kappa shape index (κ1) is 62.3. The number of ether oxygens (including phenoxy) is 1. The minimum absolute atomic E-state index is 0.00117. The first-order valence-electron chi connectivity index (χ1n) is 28.6. The Balaban J connectivity index is 3.41. The minimum atomic E-state index is -0.668. The predicted octanol–water partition coefficient (Wildman–Crippen LogP) is 17.5. The summed E-state index contributed by atoms with van der Waals surface area (Å²) in [5, 5.41) is 23.2. The zero-order chi connectivity index (χ0) is 46.5. The summed E-state index contributed by atoms with van der Waals surface area (Å²) < 4.78 is 5.48. The summed E-state index contributed by atoms with van der Waals surface area (Å²) in [7, 11) is 0. The standard InChI is InChI=1S/C58H111NO5/c1-3-5-7-9-11-13-15-16-17-25-28-32-36-40-44-48-52-58(63)64-53-49-45-41-37-33-29-26-23-21-19-18-20-22-24-27-31-35-39-43-47-51-57(62)59-55(54-60)56(61)50-46-42-38-34-30-14-12-10-8-6-4-2/h17-18,20,25,55-56,60-61H,3-16,19,21-24,26-54H2,1-2H3,(H,59,62)/b20-18-,25-17-. The van der Waals surface area contributed by atoms with Crippen molar-refractivity contribution in [2.45, 2.75) is 321 Å². The molecule has 0 aliphatic carbocycles. The van der Waals surface area contributed by atoms with E-state index in [1.54, 1.807) is 0 Å². The van der Waals surface area contributed by atoms with E-state index in [1.807, 2.05) is 0 Å². The molecular weight excluding hydrogens is 791 g/mol. The molecule has 0 saturated heterocycles. The topological polar surface area (TPSA) is 95.9 Å². The first-order valence-corrected chi connectivity index (χ1v) is 28.6. The Morgan fingerprint density at radius 2 is 0.734 bits per heavy atom. The summed E-state index contributed by atoms with van der Waals surface area (Å²) in [4.78, 5) is 24.5. The second kappa shape index (κ2) is 54.0. The van der Waals surface area contributed by atoms with Gasteiger partial charge in [-0.15, -0.1) is 0 Å². The molecule has 2 unspecified atom stereocenters. The lowest BCUT2D eigenvalue weighted by molar-refractivity contribution is -0.143. The van der Waals surface area contributed by atoms with Crippen LogP contribution < -0.4 is 5.32 Å². The Labute approximate surface area is 399 Å². The number of amides is 1. The number of allylic oxidation sites excluding steroid dienone is 4.